The van der Waals surface area contributed by atoms with Gasteiger partial charge in [-0.2, -0.15) is 0 Å². The summed E-state index contributed by atoms with van der Waals surface area (Å²) in [4.78, 5) is 26.4. The van der Waals surface area contributed by atoms with Crippen LogP contribution >= 0.6 is 0 Å². The fourth-order valence-electron chi connectivity index (χ4n) is 3.41. The number of anilines is 1. The molecule has 0 aliphatic carbocycles. The van der Waals surface area contributed by atoms with E-state index in [1.165, 1.54) is 17.0 Å². The number of halogens is 2. The summed E-state index contributed by atoms with van der Waals surface area (Å²) in [5.41, 5.74) is -0.135. The number of phenolic OH excluding ortho intramolecular Hbond substituents is 1. The molecule has 0 bridgehead atoms. The van der Waals surface area contributed by atoms with Gasteiger partial charge in [0.2, 0.25) is 10.0 Å². The quantitative estimate of drug-likeness (QED) is 0.641. The first kappa shape index (κ1) is 22.6. The summed E-state index contributed by atoms with van der Waals surface area (Å²) >= 11 is 0. The number of hydrogen-bond acceptors (Lipinski definition) is 5. The number of nitrogens with zero attached hydrogens (tertiary/aromatic N) is 1. The number of phenols is 1. The molecule has 0 saturated carbocycles. The van der Waals surface area contributed by atoms with Gasteiger partial charge in [0.1, 0.15) is 17.4 Å². The van der Waals surface area contributed by atoms with Crippen molar-refractivity contribution in [3.05, 3.63) is 59.2 Å². The first-order valence-corrected chi connectivity index (χ1v) is 11.3. The molecule has 2 aromatic carbocycles. The first-order chi connectivity index (χ1) is 14.5. The van der Waals surface area contributed by atoms with E-state index in [2.05, 4.69) is 10.0 Å². The van der Waals surface area contributed by atoms with Crippen molar-refractivity contribution >= 4 is 27.5 Å². The molecular formula is C20H21F2N3O5S. The zero-order valence-corrected chi connectivity index (χ0v) is 17.4. The number of hydrogen-bond donors (Lipinski definition) is 3. The summed E-state index contributed by atoms with van der Waals surface area (Å²) < 4.78 is 51.9. The van der Waals surface area contributed by atoms with Gasteiger partial charge in [0.25, 0.3) is 11.8 Å². The van der Waals surface area contributed by atoms with Gasteiger partial charge >= 0.3 is 0 Å². The molecule has 2 amide bonds. The molecule has 0 aromatic heterocycles. The third-order valence-electron chi connectivity index (χ3n) is 4.70. The van der Waals surface area contributed by atoms with E-state index in [9.17, 15) is 31.9 Å². The Hall–Kier alpha value is -3.05. The van der Waals surface area contributed by atoms with Crippen LogP contribution in [-0.4, -0.2) is 55.6 Å². The van der Waals surface area contributed by atoms with Crippen LogP contribution in [0.15, 0.2) is 36.4 Å². The number of likely N-dealkylation sites (tertiary alicyclic amines) is 1. The lowest BCUT2D eigenvalue weighted by Crippen LogP contribution is -2.49. The Morgan fingerprint density at radius 3 is 2.42 bits per heavy atom. The normalized spacial score (nSPS) is 16.7. The van der Waals surface area contributed by atoms with Crippen LogP contribution < -0.4 is 10.0 Å². The molecule has 166 valence electrons. The predicted molar refractivity (Wildman–Crippen MR) is 109 cm³/mol. The Morgan fingerprint density at radius 2 is 1.81 bits per heavy atom. The molecule has 8 nitrogen and oxygen atoms in total. The standard InChI is InChI=1S/C20H21F2N3O5S/c1-31(29,30)24-16-3-2-6-25(11-16)20(28)17-5-4-15(10-18(17)26)23-19(27)12-7-13(21)9-14(22)8-12/h4-5,7-10,16,24,26H,2-3,6,11H2,1H3,(H,23,27). The molecule has 11 heteroatoms. The number of sulfonamides is 1. The highest BCUT2D eigenvalue weighted by atomic mass is 32.2. The van der Waals surface area contributed by atoms with Crippen LogP contribution in [0, 0.1) is 11.6 Å². The van der Waals surface area contributed by atoms with E-state index in [1.807, 2.05) is 0 Å². The summed E-state index contributed by atoms with van der Waals surface area (Å²) in [5, 5.41) is 12.7. The Morgan fingerprint density at radius 1 is 1.13 bits per heavy atom. The van der Waals surface area contributed by atoms with Crippen LogP contribution in [0.5, 0.6) is 5.75 Å². The summed E-state index contributed by atoms with van der Waals surface area (Å²) in [6.45, 7) is 0.568. The molecule has 2 aromatic rings. The van der Waals surface area contributed by atoms with Crippen molar-refractivity contribution in [2.45, 2.75) is 18.9 Å². The summed E-state index contributed by atoms with van der Waals surface area (Å²) in [6.07, 6.45) is 2.23. The lowest BCUT2D eigenvalue weighted by molar-refractivity contribution is 0.0700. The second-order valence-electron chi connectivity index (χ2n) is 7.32. The summed E-state index contributed by atoms with van der Waals surface area (Å²) in [5.74, 6) is -3.48. The van der Waals surface area contributed by atoms with Crippen molar-refractivity contribution in [1.82, 2.24) is 9.62 Å². The van der Waals surface area contributed by atoms with Crippen LogP contribution in [0.25, 0.3) is 0 Å². The van der Waals surface area contributed by atoms with E-state index in [-0.39, 0.29) is 23.4 Å². The van der Waals surface area contributed by atoms with Gasteiger partial charge in [-0.1, -0.05) is 0 Å². The maximum Gasteiger partial charge on any atom is 0.257 e. The molecule has 0 spiro atoms. The van der Waals surface area contributed by atoms with Crippen molar-refractivity contribution in [3.8, 4) is 5.75 Å². The minimum Gasteiger partial charge on any atom is -0.507 e. The van der Waals surface area contributed by atoms with Crippen LogP contribution in [0.1, 0.15) is 33.6 Å². The minimum atomic E-state index is -3.42. The number of rotatable bonds is 5. The number of benzene rings is 2. The zero-order chi connectivity index (χ0) is 22.8. The number of nitrogens with one attached hydrogen (secondary N) is 2. The van der Waals surface area contributed by atoms with E-state index in [0.29, 0.717) is 25.5 Å². The average molecular weight is 453 g/mol. The fraction of sp³-hybridized carbons (Fsp3) is 0.300. The monoisotopic (exact) mass is 453 g/mol. The van der Waals surface area contributed by atoms with Gasteiger partial charge in [-0.05, 0) is 37.1 Å². The average Bonchev–Trinajstić information content (AvgIpc) is 2.65. The number of piperidine rings is 1. The number of amides is 2. The molecule has 3 N–H and O–H groups in total. The Bertz CT molecular complexity index is 1100. The molecular weight excluding hydrogens is 432 g/mol. The highest BCUT2D eigenvalue weighted by Gasteiger charge is 2.27. The summed E-state index contributed by atoms with van der Waals surface area (Å²) in [7, 11) is -3.42. The SMILES string of the molecule is CS(=O)(=O)NC1CCCN(C(=O)c2ccc(NC(=O)c3cc(F)cc(F)c3)cc2O)C1. The van der Waals surface area contributed by atoms with Crippen molar-refractivity contribution in [3.63, 3.8) is 0 Å². The topological polar surface area (TPSA) is 116 Å². The van der Waals surface area contributed by atoms with Gasteiger partial charge < -0.3 is 15.3 Å². The molecule has 1 aliphatic rings. The molecule has 0 radical (unpaired) electrons. The maximum atomic E-state index is 13.3. The smallest absolute Gasteiger partial charge is 0.257 e. The van der Waals surface area contributed by atoms with E-state index in [0.717, 1.165) is 24.5 Å². The molecule has 3 rings (SSSR count). The van der Waals surface area contributed by atoms with Crippen molar-refractivity contribution < 1.29 is 31.9 Å². The molecule has 1 saturated heterocycles. The molecule has 1 unspecified atom stereocenters. The summed E-state index contributed by atoms with van der Waals surface area (Å²) in [6, 6.07) is 5.79. The highest BCUT2D eigenvalue weighted by molar-refractivity contribution is 7.88. The third-order valence-corrected chi connectivity index (χ3v) is 5.46. The molecule has 1 heterocycles. The van der Waals surface area contributed by atoms with Gasteiger partial charge in [0.15, 0.2) is 0 Å². The van der Waals surface area contributed by atoms with Crippen LogP contribution in [-0.2, 0) is 10.0 Å². The Balaban J connectivity index is 1.71. The lowest BCUT2D eigenvalue weighted by Gasteiger charge is -2.33. The second kappa shape index (κ2) is 8.98. The number of carbonyl (C=O) groups is 2. The largest absolute Gasteiger partial charge is 0.507 e. The highest BCUT2D eigenvalue weighted by Crippen LogP contribution is 2.25. The van der Waals surface area contributed by atoms with Crippen molar-refractivity contribution in [1.29, 1.82) is 0 Å². The fourth-order valence-corrected chi connectivity index (χ4v) is 4.21. The van der Waals surface area contributed by atoms with E-state index in [1.54, 1.807) is 0 Å². The zero-order valence-electron chi connectivity index (χ0n) is 16.6. The number of carbonyl (C=O) groups excluding carboxylic acids is 2. The third kappa shape index (κ3) is 5.98. The van der Waals surface area contributed by atoms with E-state index in [4.69, 9.17) is 0 Å². The predicted octanol–water partition coefficient (Wildman–Crippen LogP) is 2.08. The van der Waals surface area contributed by atoms with Crippen molar-refractivity contribution in [2.75, 3.05) is 24.7 Å². The van der Waals surface area contributed by atoms with Gasteiger partial charge in [0, 0.05) is 42.5 Å². The van der Waals surface area contributed by atoms with Gasteiger partial charge in [-0.25, -0.2) is 21.9 Å². The van der Waals surface area contributed by atoms with Gasteiger partial charge in [0.05, 0.1) is 11.8 Å². The van der Waals surface area contributed by atoms with E-state index < -0.39 is 45.3 Å². The van der Waals surface area contributed by atoms with Crippen LogP contribution in [0.2, 0.25) is 0 Å². The lowest BCUT2D eigenvalue weighted by atomic mass is 10.0. The molecule has 1 aliphatic heterocycles. The maximum absolute atomic E-state index is 13.3. The number of aromatic hydroxyl groups is 1. The molecule has 1 fully saturated rings. The van der Waals surface area contributed by atoms with Crippen LogP contribution in [0.4, 0.5) is 14.5 Å². The Labute approximate surface area is 177 Å². The molecule has 1 atom stereocenters. The first-order valence-electron chi connectivity index (χ1n) is 9.39. The van der Waals surface area contributed by atoms with E-state index >= 15 is 0 Å². The molecule has 31 heavy (non-hydrogen) atoms. The second-order valence-corrected chi connectivity index (χ2v) is 9.10. The van der Waals surface area contributed by atoms with Gasteiger partial charge in [-0.15, -0.1) is 0 Å². The van der Waals surface area contributed by atoms with Crippen LogP contribution in [0.3, 0.4) is 0 Å². The van der Waals surface area contributed by atoms with Crippen molar-refractivity contribution in [2.24, 2.45) is 0 Å². The minimum absolute atomic E-state index is 0.0187. The Kier molecular flexibility index (Phi) is 6.56. The van der Waals surface area contributed by atoms with Gasteiger partial charge in [-0.3, -0.25) is 9.59 Å².